The van der Waals surface area contributed by atoms with Gasteiger partial charge in [-0.05, 0) is 31.6 Å². The molecule has 0 saturated heterocycles. The molecular formula is C11H10FNO3. The van der Waals surface area contributed by atoms with Gasteiger partial charge in [-0.15, -0.1) is 0 Å². The summed E-state index contributed by atoms with van der Waals surface area (Å²) in [6.07, 6.45) is 1.30. The summed E-state index contributed by atoms with van der Waals surface area (Å²) < 4.78 is 13.3. The van der Waals surface area contributed by atoms with E-state index >= 15 is 0 Å². The summed E-state index contributed by atoms with van der Waals surface area (Å²) >= 11 is 0. The molecule has 0 bridgehead atoms. The number of rotatable bonds is 3. The van der Waals surface area contributed by atoms with Gasteiger partial charge < -0.3 is 0 Å². The highest BCUT2D eigenvalue weighted by atomic mass is 19.1. The second-order valence-electron chi connectivity index (χ2n) is 3.35. The fraction of sp³-hybridized carbons (Fsp3) is 0.182. The number of carbonyl (C=O) groups is 1. The van der Waals surface area contributed by atoms with Crippen LogP contribution in [0.3, 0.4) is 0 Å². The van der Waals surface area contributed by atoms with Crippen molar-refractivity contribution in [1.82, 2.24) is 0 Å². The zero-order valence-corrected chi connectivity index (χ0v) is 8.86. The molecule has 0 saturated carbocycles. The van der Waals surface area contributed by atoms with Crippen LogP contribution in [0.2, 0.25) is 0 Å². The molecule has 0 heterocycles. The topological polar surface area (TPSA) is 60.2 Å². The number of nitro benzene ring substituents is 1. The number of non-ortho nitro benzene ring substituents is 1. The molecule has 1 aromatic rings. The summed E-state index contributed by atoms with van der Waals surface area (Å²) in [5.74, 6) is -0.794. The summed E-state index contributed by atoms with van der Waals surface area (Å²) in [5.41, 5.74) is 0.185. The van der Waals surface area contributed by atoms with E-state index in [1.807, 2.05) is 0 Å². The highest BCUT2D eigenvalue weighted by molar-refractivity contribution is 5.97. The van der Waals surface area contributed by atoms with Gasteiger partial charge in [0.1, 0.15) is 5.82 Å². The predicted octanol–water partition coefficient (Wildman–Crippen LogP) is 2.73. The van der Waals surface area contributed by atoms with Crippen LogP contribution in [0.1, 0.15) is 19.4 Å². The molecule has 0 N–H and O–H groups in total. The number of benzene rings is 1. The Morgan fingerprint density at radius 3 is 2.56 bits per heavy atom. The third-order valence-electron chi connectivity index (χ3n) is 2.12. The number of halogens is 1. The van der Waals surface area contributed by atoms with Gasteiger partial charge in [-0.25, -0.2) is 4.39 Å². The van der Waals surface area contributed by atoms with Crippen LogP contribution in [0.4, 0.5) is 10.1 Å². The first-order chi connectivity index (χ1) is 7.41. The van der Waals surface area contributed by atoms with Gasteiger partial charge in [-0.2, -0.15) is 0 Å². The fourth-order valence-corrected chi connectivity index (χ4v) is 1.09. The molecule has 0 aliphatic heterocycles. The molecule has 0 fully saturated rings. The van der Waals surface area contributed by atoms with Crippen LogP contribution in [0.15, 0.2) is 23.8 Å². The average Bonchev–Trinajstić information content (AvgIpc) is 2.20. The van der Waals surface area contributed by atoms with E-state index in [1.165, 1.54) is 19.9 Å². The minimum absolute atomic E-state index is 0.0434. The molecule has 16 heavy (non-hydrogen) atoms. The van der Waals surface area contributed by atoms with Gasteiger partial charge in [0, 0.05) is 17.7 Å². The normalized spacial score (nSPS) is 11.3. The lowest BCUT2D eigenvalue weighted by Crippen LogP contribution is -1.94. The highest BCUT2D eigenvalue weighted by Crippen LogP contribution is 2.19. The second-order valence-corrected chi connectivity index (χ2v) is 3.35. The van der Waals surface area contributed by atoms with Gasteiger partial charge in [0.25, 0.3) is 5.69 Å². The molecule has 0 atom stereocenters. The highest BCUT2D eigenvalue weighted by Gasteiger charge is 2.09. The van der Waals surface area contributed by atoms with E-state index in [2.05, 4.69) is 0 Å². The Labute approximate surface area is 91.5 Å². The first-order valence-corrected chi connectivity index (χ1v) is 4.55. The van der Waals surface area contributed by atoms with Crippen molar-refractivity contribution < 1.29 is 14.1 Å². The van der Waals surface area contributed by atoms with Crippen molar-refractivity contribution in [2.24, 2.45) is 0 Å². The Bertz CT molecular complexity index is 480. The number of hydrogen-bond acceptors (Lipinski definition) is 3. The summed E-state index contributed by atoms with van der Waals surface area (Å²) in [7, 11) is 0. The Hall–Kier alpha value is -2.04. The Morgan fingerprint density at radius 2 is 2.06 bits per heavy atom. The van der Waals surface area contributed by atoms with E-state index in [1.54, 1.807) is 0 Å². The molecule has 0 radical (unpaired) electrons. The van der Waals surface area contributed by atoms with E-state index in [0.29, 0.717) is 5.57 Å². The number of Topliss-reactive ketones (excluding diaryl/α,β-unsaturated/α-hetero) is 1. The summed E-state index contributed by atoms with van der Waals surface area (Å²) in [6.45, 7) is 2.88. The van der Waals surface area contributed by atoms with Gasteiger partial charge >= 0.3 is 0 Å². The number of allylic oxidation sites excluding steroid dienone is 1. The van der Waals surface area contributed by atoms with Crippen molar-refractivity contribution in [3.05, 3.63) is 45.3 Å². The maximum Gasteiger partial charge on any atom is 0.270 e. The number of hydrogen-bond donors (Lipinski definition) is 0. The molecule has 0 unspecified atom stereocenters. The molecule has 0 amide bonds. The van der Waals surface area contributed by atoms with Crippen molar-refractivity contribution in [3.8, 4) is 0 Å². The van der Waals surface area contributed by atoms with Crippen molar-refractivity contribution in [1.29, 1.82) is 0 Å². The molecule has 0 aromatic heterocycles. The van der Waals surface area contributed by atoms with E-state index in [4.69, 9.17) is 0 Å². The van der Waals surface area contributed by atoms with Gasteiger partial charge in [-0.3, -0.25) is 14.9 Å². The van der Waals surface area contributed by atoms with Crippen molar-refractivity contribution in [2.45, 2.75) is 13.8 Å². The van der Waals surface area contributed by atoms with E-state index in [-0.39, 0.29) is 17.0 Å². The zero-order valence-electron chi connectivity index (χ0n) is 8.86. The lowest BCUT2D eigenvalue weighted by molar-refractivity contribution is -0.384. The Kier molecular flexibility index (Phi) is 3.50. The van der Waals surface area contributed by atoms with Crippen LogP contribution in [0.5, 0.6) is 0 Å². The predicted molar refractivity (Wildman–Crippen MR) is 57.4 cm³/mol. The maximum absolute atomic E-state index is 13.3. The second kappa shape index (κ2) is 4.65. The van der Waals surface area contributed by atoms with Crippen LogP contribution in [-0.4, -0.2) is 10.7 Å². The van der Waals surface area contributed by atoms with Crippen LogP contribution < -0.4 is 0 Å². The molecular weight excluding hydrogens is 213 g/mol. The van der Waals surface area contributed by atoms with Crippen LogP contribution in [0, 0.1) is 15.9 Å². The molecule has 1 rings (SSSR count). The minimum Gasteiger partial charge on any atom is -0.295 e. The number of ketones is 1. The largest absolute Gasteiger partial charge is 0.295 e. The SMILES string of the molecule is CC(=O)/C(C)=C/c1cc([N+](=O)[O-])ccc1F. The molecule has 1 aromatic carbocycles. The van der Waals surface area contributed by atoms with Crippen LogP contribution in [-0.2, 0) is 4.79 Å². The fourth-order valence-electron chi connectivity index (χ4n) is 1.09. The first kappa shape index (κ1) is 12.0. The third-order valence-corrected chi connectivity index (χ3v) is 2.12. The van der Waals surface area contributed by atoms with Crippen molar-refractivity contribution >= 4 is 17.5 Å². The molecule has 0 spiro atoms. The molecule has 84 valence electrons. The average molecular weight is 223 g/mol. The van der Waals surface area contributed by atoms with Gasteiger partial charge in [0.15, 0.2) is 5.78 Å². The van der Waals surface area contributed by atoms with E-state index < -0.39 is 10.7 Å². The Morgan fingerprint density at radius 1 is 1.44 bits per heavy atom. The minimum atomic E-state index is -0.611. The molecule has 5 heteroatoms. The smallest absolute Gasteiger partial charge is 0.270 e. The Balaban J connectivity index is 3.23. The molecule has 4 nitrogen and oxygen atoms in total. The summed E-state index contributed by atoms with van der Waals surface area (Å²) in [6, 6.07) is 3.19. The monoisotopic (exact) mass is 223 g/mol. The van der Waals surface area contributed by atoms with Crippen LogP contribution >= 0.6 is 0 Å². The van der Waals surface area contributed by atoms with Gasteiger partial charge in [0.05, 0.1) is 4.92 Å². The lowest BCUT2D eigenvalue weighted by Gasteiger charge is -1.99. The molecule has 0 aliphatic carbocycles. The molecule has 0 aliphatic rings. The van der Waals surface area contributed by atoms with Gasteiger partial charge in [-0.1, -0.05) is 0 Å². The number of nitrogens with zero attached hydrogens (tertiary/aromatic N) is 1. The summed E-state index contributed by atoms with van der Waals surface area (Å²) in [4.78, 5) is 20.8. The lowest BCUT2D eigenvalue weighted by atomic mass is 10.1. The standard InChI is InChI=1S/C11H10FNO3/c1-7(8(2)14)5-9-6-10(13(15)16)3-4-11(9)12/h3-6H,1-2H3/b7-5+. The maximum atomic E-state index is 13.3. The van der Waals surface area contributed by atoms with Crippen LogP contribution in [0.25, 0.3) is 6.08 Å². The van der Waals surface area contributed by atoms with Gasteiger partial charge in [0.2, 0.25) is 0 Å². The van der Waals surface area contributed by atoms with Crippen molar-refractivity contribution in [2.75, 3.05) is 0 Å². The van der Waals surface area contributed by atoms with E-state index in [9.17, 15) is 19.3 Å². The number of nitro groups is 1. The van der Waals surface area contributed by atoms with Crippen molar-refractivity contribution in [3.63, 3.8) is 0 Å². The third kappa shape index (κ3) is 2.73. The number of carbonyl (C=O) groups excluding carboxylic acids is 1. The first-order valence-electron chi connectivity index (χ1n) is 4.55. The zero-order chi connectivity index (χ0) is 12.3. The summed E-state index contributed by atoms with van der Waals surface area (Å²) in [5, 5.41) is 10.5. The van der Waals surface area contributed by atoms with E-state index in [0.717, 1.165) is 18.2 Å². The quantitative estimate of drug-likeness (QED) is 0.449.